The van der Waals surface area contributed by atoms with Crippen LogP contribution in [0.2, 0.25) is 0 Å². The first-order valence-electron chi connectivity index (χ1n) is 9.42. The van der Waals surface area contributed by atoms with E-state index in [4.69, 9.17) is 5.73 Å². The fraction of sp³-hybridized carbons (Fsp3) is 1.00. The third-order valence-corrected chi connectivity index (χ3v) is 7.45. The van der Waals surface area contributed by atoms with Crippen LogP contribution in [0.15, 0.2) is 0 Å². The molecule has 2 bridgehead atoms. The molecular weight excluding hydrogens is 258 g/mol. The maximum absolute atomic E-state index is 6.43. The largest absolute Gasteiger partial charge is 0.329 e. The summed E-state index contributed by atoms with van der Waals surface area (Å²) in [6.07, 6.45) is 14.2. The SMILES string of the molecule is CN1C2CCC1CC(CN)(N1CCCC3CCCCC31)C2. The Morgan fingerprint density at radius 2 is 1.62 bits per heavy atom. The van der Waals surface area contributed by atoms with Crippen LogP contribution in [0.1, 0.15) is 64.2 Å². The van der Waals surface area contributed by atoms with Crippen molar-refractivity contribution in [3.8, 4) is 0 Å². The second kappa shape index (κ2) is 5.50. The Hall–Kier alpha value is -0.120. The van der Waals surface area contributed by atoms with E-state index in [1.807, 2.05) is 0 Å². The molecular formula is C18H33N3. The van der Waals surface area contributed by atoms with E-state index in [0.717, 1.165) is 30.6 Å². The second-order valence-electron chi connectivity index (χ2n) is 8.33. The molecule has 1 saturated carbocycles. The van der Waals surface area contributed by atoms with E-state index in [2.05, 4.69) is 16.8 Å². The summed E-state index contributed by atoms with van der Waals surface area (Å²) in [4.78, 5) is 5.61. The molecule has 4 rings (SSSR count). The van der Waals surface area contributed by atoms with Crippen LogP contribution in [0.4, 0.5) is 0 Å². The van der Waals surface area contributed by atoms with Gasteiger partial charge in [0.2, 0.25) is 0 Å². The van der Waals surface area contributed by atoms with Gasteiger partial charge in [0, 0.05) is 30.2 Å². The molecule has 4 aliphatic rings. The normalized spacial score (nSPS) is 48.3. The summed E-state index contributed by atoms with van der Waals surface area (Å²) in [6.45, 7) is 2.21. The minimum Gasteiger partial charge on any atom is -0.329 e. The number of rotatable bonds is 2. The highest BCUT2D eigenvalue weighted by Gasteiger charge is 2.52. The molecule has 1 aliphatic carbocycles. The molecule has 0 radical (unpaired) electrons. The number of piperidine rings is 2. The van der Waals surface area contributed by atoms with Crippen molar-refractivity contribution in [1.82, 2.24) is 9.80 Å². The molecule has 4 unspecified atom stereocenters. The maximum Gasteiger partial charge on any atom is 0.0364 e. The van der Waals surface area contributed by atoms with E-state index in [9.17, 15) is 0 Å². The second-order valence-corrected chi connectivity index (χ2v) is 8.33. The predicted molar refractivity (Wildman–Crippen MR) is 87.3 cm³/mol. The van der Waals surface area contributed by atoms with Crippen molar-refractivity contribution in [1.29, 1.82) is 0 Å². The van der Waals surface area contributed by atoms with Gasteiger partial charge >= 0.3 is 0 Å². The molecule has 2 N–H and O–H groups in total. The van der Waals surface area contributed by atoms with E-state index in [-0.39, 0.29) is 0 Å². The molecule has 3 aliphatic heterocycles. The summed E-state index contributed by atoms with van der Waals surface area (Å²) in [6, 6.07) is 2.46. The van der Waals surface area contributed by atoms with E-state index < -0.39 is 0 Å². The van der Waals surface area contributed by atoms with Crippen molar-refractivity contribution in [2.24, 2.45) is 11.7 Å². The minimum absolute atomic E-state index is 0.332. The zero-order chi connectivity index (χ0) is 14.4. The summed E-state index contributed by atoms with van der Waals surface area (Å²) in [5.41, 5.74) is 6.76. The molecule has 0 spiro atoms. The average molecular weight is 291 g/mol. The first-order chi connectivity index (χ1) is 10.2. The number of hydrogen-bond donors (Lipinski definition) is 1. The van der Waals surface area contributed by atoms with Crippen LogP contribution in [0.3, 0.4) is 0 Å². The molecule has 120 valence electrons. The number of fused-ring (bicyclic) bond motifs is 3. The Labute approximate surface area is 130 Å². The summed E-state index contributed by atoms with van der Waals surface area (Å²) < 4.78 is 0. The molecule has 4 atom stereocenters. The Balaban J connectivity index is 1.60. The smallest absolute Gasteiger partial charge is 0.0364 e. The van der Waals surface area contributed by atoms with Crippen LogP contribution in [-0.4, -0.2) is 53.6 Å². The number of likely N-dealkylation sites (tertiary alicyclic amines) is 1. The lowest BCUT2D eigenvalue weighted by atomic mass is 9.73. The highest BCUT2D eigenvalue weighted by Crippen LogP contribution is 2.47. The molecule has 21 heavy (non-hydrogen) atoms. The zero-order valence-electron chi connectivity index (χ0n) is 13.8. The van der Waals surface area contributed by atoms with Gasteiger partial charge in [0.1, 0.15) is 0 Å². The van der Waals surface area contributed by atoms with E-state index in [0.29, 0.717) is 5.54 Å². The van der Waals surface area contributed by atoms with Crippen LogP contribution >= 0.6 is 0 Å². The quantitative estimate of drug-likeness (QED) is 0.849. The van der Waals surface area contributed by atoms with Crippen LogP contribution in [-0.2, 0) is 0 Å². The van der Waals surface area contributed by atoms with Crippen molar-refractivity contribution >= 4 is 0 Å². The van der Waals surface area contributed by atoms with E-state index in [1.54, 1.807) is 0 Å². The number of nitrogens with two attached hydrogens (primary N) is 1. The van der Waals surface area contributed by atoms with Gasteiger partial charge in [-0.05, 0) is 70.9 Å². The lowest BCUT2D eigenvalue weighted by molar-refractivity contribution is -0.0672. The van der Waals surface area contributed by atoms with Crippen molar-refractivity contribution in [3.05, 3.63) is 0 Å². The fourth-order valence-corrected chi connectivity index (χ4v) is 6.27. The summed E-state index contributed by atoms with van der Waals surface area (Å²) in [5, 5.41) is 0. The summed E-state index contributed by atoms with van der Waals surface area (Å²) >= 11 is 0. The molecule has 4 fully saturated rings. The van der Waals surface area contributed by atoms with Crippen LogP contribution in [0, 0.1) is 5.92 Å². The molecule has 0 amide bonds. The third-order valence-electron chi connectivity index (χ3n) is 7.45. The van der Waals surface area contributed by atoms with E-state index >= 15 is 0 Å². The lowest BCUT2D eigenvalue weighted by Gasteiger charge is -2.57. The first kappa shape index (κ1) is 14.5. The molecule has 3 nitrogen and oxygen atoms in total. The standard InChI is InChI=1S/C18H33N3/c1-20-15-8-9-16(20)12-18(11-15,13-19)21-10-4-6-14-5-2-3-7-17(14)21/h14-17H,2-13,19H2,1H3. The molecule has 0 aromatic carbocycles. The van der Waals surface area contributed by atoms with Crippen molar-refractivity contribution < 1.29 is 0 Å². The van der Waals surface area contributed by atoms with Gasteiger partial charge in [-0.3, -0.25) is 4.90 Å². The van der Waals surface area contributed by atoms with Gasteiger partial charge in [-0.25, -0.2) is 0 Å². The van der Waals surface area contributed by atoms with Crippen molar-refractivity contribution in [2.75, 3.05) is 20.1 Å². The van der Waals surface area contributed by atoms with Crippen LogP contribution < -0.4 is 5.73 Å². The average Bonchev–Trinajstić information content (AvgIpc) is 2.76. The Bertz CT molecular complexity index is 367. The minimum atomic E-state index is 0.332. The van der Waals surface area contributed by atoms with Gasteiger partial charge in [-0.2, -0.15) is 0 Å². The topological polar surface area (TPSA) is 32.5 Å². The van der Waals surface area contributed by atoms with Crippen molar-refractivity contribution in [2.45, 2.75) is 87.9 Å². The molecule has 3 heterocycles. The van der Waals surface area contributed by atoms with Gasteiger partial charge in [0.15, 0.2) is 0 Å². The monoisotopic (exact) mass is 291 g/mol. The van der Waals surface area contributed by atoms with Gasteiger partial charge in [0.05, 0.1) is 0 Å². The summed E-state index contributed by atoms with van der Waals surface area (Å²) in [5.74, 6) is 0.980. The van der Waals surface area contributed by atoms with Gasteiger partial charge in [-0.15, -0.1) is 0 Å². The first-order valence-corrected chi connectivity index (χ1v) is 9.42. The van der Waals surface area contributed by atoms with Crippen LogP contribution in [0.25, 0.3) is 0 Å². The molecule has 3 heteroatoms. The zero-order valence-corrected chi connectivity index (χ0v) is 13.8. The lowest BCUT2D eigenvalue weighted by Crippen LogP contribution is -2.66. The maximum atomic E-state index is 6.43. The van der Waals surface area contributed by atoms with E-state index in [1.165, 1.54) is 70.8 Å². The number of nitrogens with zero attached hydrogens (tertiary/aromatic N) is 2. The van der Waals surface area contributed by atoms with Crippen LogP contribution in [0.5, 0.6) is 0 Å². The number of hydrogen-bond acceptors (Lipinski definition) is 3. The Morgan fingerprint density at radius 3 is 2.33 bits per heavy atom. The Kier molecular flexibility index (Phi) is 3.79. The molecule has 0 aromatic rings. The van der Waals surface area contributed by atoms with Gasteiger partial charge in [0.25, 0.3) is 0 Å². The van der Waals surface area contributed by atoms with Crippen molar-refractivity contribution in [3.63, 3.8) is 0 Å². The highest BCUT2D eigenvalue weighted by atomic mass is 15.3. The fourth-order valence-electron chi connectivity index (χ4n) is 6.27. The predicted octanol–water partition coefficient (Wildman–Crippen LogP) is 2.60. The Morgan fingerprint density at radius 1 is 0.952 bits per heavy atom. The van der Waals surface area contributed by atoms with Gasteiger partial charge < -0.3 is 10.6 Å². The van der Waals surface area contributed by atoms with Gasteiger partial charge in [-0.1, -0.05) is 12.8 Å². The third kappa shape index (κ3) is 2.27. The molecule has 3 saturated heterocycles. The highest BCUT2D eigenvalue weighted by molar-refractivity contribution is 5.09. The summed E-state index contributed by atoms with van der Waals surface area (Å²) in [7, 11) is 2.35. The molecule has 0 aromatic heterocycles.